The van der Waals surface area contributed by atoms with E-state index in [2.05, 4.69) is 23.7 Å². The third kappa shape index (κ3) is 5.17. The molecule has 0 radical (unpaired) electrons. The molecule has 3 rings (SSSR count). The number of carbonyl (C=O) groups excluding carboxylic acids is 1. The molecule has 0 aliphatic heterocycles. The second kappa shape index (κ2) is 9.46. The van der Waals surface area contributed by atoms with E-state index in [-0.39, 0.29) is 5.91 Å². The fourth-order valence-corrected chi connectivity index (χ4v) is 4.60. The number of hydrogen-bond donors (Lipinski definition) is 0. The Kier molecular flexibility index (Phi) is 7.01. The lowest BCUT2D eigenvalue weighted by Crippen LogP contribution is -2.38. The van der Waals surface area contributed by atoms with Gasteiger partial charge < -0.3 is 4.90 Å². The fourth-order valence-electron chi connectivity index (χ4n) is 2.71. The molecule has 0 N–H and O–H groups in total. The lowest BCUT2D eigenvalue weighted by atomic mass is 10.3. The van der Waals surface area contributed by atoms with E-state index in [1.54, 1.807) is 22.3 Å². The van der Waals surface area contributed by atoms with Crippen molar-refractivity contribution in [2.75, 3.05) is 31.1 Å². The maximum absolute atomic E-state index is 12.9. The molecule has 4 nitrogen and oxygen atoms in total. The van der Waals surface area contributed by atoms with Crippen molar-refractivity contribution in [2.45, 2.75) is 13.8 Å². The van der Waals surface area contributed by atoms with Crippen molar-refractivity contribution in [3.05, 3.63) is 51.7 Å². The number of thiophene rings is 1. The normalized spacial score (nSPS) is 11.7. The number of likely N-dealkylation sites (N-methyl/N-ethyl adjacent to an activating group) is 1. The molecule has 142 valence electrons. The molecule has 7 heteroatoms. The van der Waals surface area contributed by atoms with Crippen LogP contribution >= 0.6 is 34.3 Å². The predicted molar refractivity (Wildman–Crippen MR) is 118 cm³/mol. The molecule has 0 saturated heterocycles. The van der Waals surface area contributed by atoms with E-state index in [0.29, 0.717) is 16.7 Å². The van der Waals surface area contributed by atoms with Gasteiger partial charge in [0.2, 0.25) is 0 Å². The summed E-state index contributed by atoms with van der Waals surface area (Å²) >= 11 is 9.21. The topological polar surface area (TPSA) is 36.4 Å². The Morgan fingerprint density at radius 3 is 2.74 bits per heavy atom. The van der Waals surface area contributed by atoms with Crippen LogP contribution in [0.2, 0.25) is 5.02 Å². The number of thiazole rings is 1. The van der Waals surface area contributed by atoms with Gasteiger partial charge in [0.25, 0.3) is 5.91 Å². The van der Waals surface area contributed by atoms with Crippen LogP contribution in [0.3, 0.4) is 0 Å². The molecule has 0 bridgehead atoms. The average Bonchev–Trinajstić information content (AvgIpc) is 3.32. The predicted octanol–water partition coefficient (Wildman–Crippen LogP) is 5.40. The summed E-state index contributed by atoms with van der Waals surface area (Å²) in [6, 6.07) is 9.59. The first-order valence-corrected chi connectivity index (χ1v) is 11.0. The van der Waals surface area contributed by atoms with Crippen LogP contribution in [0.15, 0.2) is 41.8 Å². The molecule has 2 aromatic heterocycles. The van der Waals surface area contributed by atoms with Crippen molar-refractivity contribution in [1.29, 1.82) is 0 Å². The number of amides is 1. The van der Waals surface area contributed by atoms with Crippen LogP contribution in [0.1, 0.15) is 18.7 Å². The molecule has 0 aliphatic rings. The van der Waals surface area contributed by atoms with Crippen LogP contribution in [-0.4, -0.2) is 42.0 Å². The zero-order valence-electron chi connectivity index (χ0n) is 15.4. The minimum absolute atomic E-state index is 0.0549. The smallest absolute Gasteiger partial charge is 0.252 e. The number of carbonyl (C=O) groups is 1. The molecule has 1 amide bonds. The lowest BCUT2D eigenvalue weighted by Gasteiger charge is -2.23. The van der Waals surface area contributed by atoms with Gasteiger partial charge in [0.05, 0.1) is 10.2 Å². The quantitative estimate of drug-likeness (QED) is 0.458. The van der Waals surface area contributed by atoms with E-state index >= 15 is 0 Å². The highest BCUT2D eigenvalue weighted by Crippen LogP contribution is 2.31. The van der Waals surface area contributed by atoms with Gasteiger partial charge in [0, 0.05) is 29.1 Å². The highest BCUT2D eigenvalue weighted by atomic mass is 35.5. The van der Waals surface area contributed by atoms with Crippen LogP contribution < -0.4 is 4.90 Å². The van der Waals surface area contributed by atoms with E-state index in [4.69, 9.17) is 11.6 Å². The van der Waals surface area contributed by atoms with Crippen molar-refractivity contribution in [3.63, 3.8) is 0 Å². The molecule has 0 aliphatic carbocycles. The zero-order chi connectivity index (χ0) is 19.2. The Labute approximate surface area is 172 Å². The summed E-state index contributed by atoms with van der Waals surface area (Å²) in [5.41, 5.74) is 0.863. The molecular weight excluding hydrogens is 398 g/mol. The van der Waals surface area contributed by atoms with Gasteiger partial charge in [-0.05, 0) is 48.8 Å². The van der Waals surface area contributed by atoms with Gasteiger partial charge in [-0.2, -0.15) is 0 Å². The van der Waals surface area contributed by atoms with Gasteiger partial charge in [-0.1, -0.05) is 42.9 Å². The molecule has 2 heterocycles. The highest BCUT2D eigenvalue weighted by molar-refractivity contribution is 7.22. The third-order valence-electron chi connectivity index (χ3n) is 4.30. The first-order valence-electron chi connectivity index (χ1n) is 8.92. The molecule has 0 unspecified atom stereocenters. The first-order chi connectivity index (χ1) is 13.1. The summed E-state index contributed by atoms with van der Waals surface area (Å²) in [6.45, 7) is 7.58. The van der Waals surface area contributed by atoms with Gasteiger partial charge in [0.15, 0.2) is 5.13 Å². The molecule has 1 aromatic carbocycles. The average molecular weight is 420 g/mol. The number of fused-ring (bicyclic) bond motifs is 1. The number of aromatic nitrogens is 1. The summed E-state index contributed by atoms with van der Waals surface area (Å²) in [4.78, 5) is 22.7. The number of rotatable bonds is 8. The van der Waals surface area contributed by atoms with E-state index in [0.717, 1.165) is 34.7 Å². The van der Waals surface area contributed by atoms with Crippen molar-refractivity contribution >= 4 is 61.6 Å². The number of benzene rings is 1. The molecule has 0 spiro atoms. The Balaban J connectivity index is 1.86. The maximum Gasteiger partial charge on any atom is 0.252 e. The summed E-state index contributed by atoms with van der Waals surface area (Å²) < 4.78 is 0.986. The van der Waals surface area contributed by atoms with Gasteiger partial charge in [-0.15, -0.1) is 11.3 Å². The van der Waals surface area contributed by atoms with Crippen LogP contribution in [0.5, 0.6) is 0 Å². The van der Waals surface area contributed by atoms with E-state index < -0.39 is 0 Å². The number of hydrogen-bond acceptors (Lipinski definition) is 5. The minimum Gasteiger partial charge on any atom is -0.302 e. The molecule has 0 atom stereocenters. The second-order valence-electron chi connectivity index (χ2n) is 5.97. The lowest BCUT2D eigenvalue weighted by molar-refractivity contribution is -0.114. The molecule has 0 saturated carbocycles. The van der Waals surface area contributed by atoms with Crippen LogP contribution in [0, 0.1) is 0 Å². The minimum atomic E-state index is -0.0549. The van der Waals surface area contributed by atoms with Crippen molar-refractivity contribution in [1.82, 2.24) is 9.88 Å². The van der Waals surface area contributed by atoms with E-state index in [1.165, 1.54) is 11.3 Å². The molecule has 27 heavy (non-hydrogen) atoms. The highest BCUT2D eigenvalue weighted by Gasteiger charge is 2.18. The fraction of sp³-hybridized carbons (Fsp3) is 0.300. The monoisotopic (exact) mass is 419 g/mol. The van der Waals surface area contributed by atoms with E-state index in [1.807, 2.05) is 41.8 Å². The molecule has 3 aromatic rings. The largest absolute Gasteiger partial charge is 0.302 e. The second-order valence-corrected chi connectivity index (χ2v) is 8.40. The summed E-state index contributed by atoms with van der Waals surface area (Å²) in [6.07, 6.45) is 3.49. The van der Waals surface area contributed by atoms with Crippen LogP contribution in [-0.2, 0) is 4.79 Å². The van der Waals surface area contributed by atoms with Crippen molar-refractivity contribution < 1.29 is 4.79 Å². The van der Waals surface area contributed by atoms with E-state index in [9.17, 15) is 4.79 Å². The van der Waals surface area contributed by atoms with Gasteiger partial charge >= 0.3 is 0 Å². The summed E-state index contributed by atoms with van der Waals surface area (Å²) in [5.74, 6) is -0.0549. The Morgan fingerprint density at radius 1 is 1.22 bits per heavy atom. The Morgan fingerprint density at radius 2 is 2.04 bits per heavy atom. The van der Waals surface area contributed by atoms with Crippen molar-refractivity contribution in [3.8, 4) is 0 Å². The third-order valence-corrected chi connectivity index (χ3v) is 6.42. The molecule has 0 fully saturated rings. The van der Waals surface area contributed by atoms with Crippen molar-refractivity contribution in [2.24, 2.45) is 0 Å². The van der Waals surface area contributed by atoms with Gasteiger partial charge in [-0.25, -0.2) is 4.98 Å². The number of nitrogens with zero attached hydrogens (tertiary/aromatic N) is 3. The zero-order valence-corrected chi connectivity index (χ0v) is 17.8. The SMILES string of the molecule is CCN(CC)CCN(C(=O)C=Cc1cccs1)c1nc2ccc(Cl)cc2s1. The Hall–Kier alpha value is -1.73. The first kappa shape index (κ1) is 20.0. The van der Waals surface area contributed by atoms with Gasteiger partial charge in [-0.3, -0.25) is 9.69 Å². The summed E-state index contributed by atoms with van der Waals surface area (Å²) in [5, 5.41) is 3.39. The van der Waals surface area contributed by atoms with Crippen LogP contribution in [0.25, 0.3) is 16.3 Å². The number of halogens is 1. The maximum atomic E-state index is 12.9. The molecular formula is C20H22ClN3OS2. The number of anilines is 1. The van der Waals surface area contributed by atoms with Gasteiger partial charge in [0.1, 0.15) is 0 Å². The van der Waals surface area contributed by atoms with Crippen LogP contribution in [0.4, 0.5) is 5.13 Å². The summed E-state index contributed by atoms with van der Waals surface area (Å²) in [7, 11) is 0. The standard InChI is InChI=1S/C20H22ClN3OS2/c1-3-23(4-2)11-12-24(19(25)10-8-16-6-5-13-26-16)20-22-17-9-7-15(21)14-18(17)27-20/h5-10,13-14H,3-4,11-12H2,1-2H3. The Bertz CT molecular complexity index is 917.